The van der Waals surface area contributed by atoms with Gasteiger partial charge in [0.25, 0.3) is 0 Å². The molecular weight excluding hydrogens is 210 g/mol. The number of ether oxygens (including phenoxy) is 1. The molecule has 1 saturated carbocycles. The quantitative estimate of drug-likeness (QED) is 0.866. The molecule has 1 aromatic rings. The molecule has 94 valence electrons. The van der Waals surface area contributed by atoms with Gasteiger partial charge in [-0.25, -0.2) is 0 Å². The molecule has 0 aliphatic heterocycles. The minimum atomic E-state index is 0.177. The summed E-state index contributed by atoms with van der Waals surface area (Å²) in [6, 6.07) is 6.56. The first-order valence-electron chi connectivity index (χ1n) is 6.51. The van der Waals surface area contributed by atoms with Crippen LogP contribution in [0.4, 0.5) is 0 Å². The molecule has 1 fully saturated rings. The Kier molecular flexibility index (Phi) is 3.43. The van der Waals surface area contributed by atoms with Gasteiger partial charge in [0.15, 0.2) is 0 Å². The van der Waals surface area contributed by atoms with E-state index in [1.54, 1.807) is 7.11 Å². The van der Waals surface area contributed by atoms with Gasteiger partial charge < -0.3 is 10.5 Å². The van der Waals surface area contributed by atoms with Gasteiger partial charge in [-0.3, -0.25) is 0 Å². The summed E-state index contributed by atoms with van der Waals surface area (Å²) in [7, 11) is 1.75. The first kappa shape index (κ1) is 12.4. The third kappa shape index (κ3) is 2.06. The van der Waals surface area contributed by atoms with Crippen molar-refractivity contribution in [2.45, 2.75) is 44.4 Å². The van der Waals surface area contributed by atoms with Crippen LogP contribution in [-0.4, -0.2) is 13.7 Å². The molecule has 0 spiro atoms. The van der Waals surface area contributed by atoms with E-state index >= 15 is 0 Å². The Labute approximate surface area is 104 Å². The Morgan fingerprint density at radius 1 is 1.35 bits per heavy atom. The molecular formula is C15H23NO. The van der Waals surface area contributed by atoms with Gasteiger partial charge in [-0.1, -0.05) is 32.4 Å². The highest BCUT2D eigenvalue weighted by atomic mass is 16.5. The molecule has 0 bridgehead atoms. The molecule has 0 saturated heterocycles. The van der Waals surface area contributed by atoms with Gasteiger partial charge in [0, 0.05) is 17.5 Å². The van der Waals surface area contributed by atoms with Gasteiger partial charge in [0.1, 0.15) is 5.75 Å². The van der Waals surface area contributed by atoms with Crippen LogP contribution >= 0.6 is 0 Å². The predicted octanol–water partition coefficient (Wildman–Crippen LogP) is 3.20. The van der Waals surface area contributed by atoms with Crippen LogP contribution in [0.5, 0.6) is 5.75 Å². The zero-order valence-electron chi connectivity index (χ0n) is 11.1. The normalized spacial score (nSPS) is 17.9. The fourth-order valence-electron chi connectivity index (χ4n) is 2.69. The molecule has 0 heterocycles. The first-order chi connectivity index (χ1) is 8.13. The van der Waals surface area contributed by atoms with Crippen LogP contribution in [0.25, 0.3) is 0 Å². The lowest BCUT2D eigenvalue weighted by molar-refractivity contribution is 0.243. The Morgan fingerprint density at radius 3 is 2.47 bits per heavy atom. The van der Waals surface area contributed by atoms with Crippen molar-refractivity contribution < 1.29 is 4.74 Å². The van der Waals surface area contributed by atoms with E-state index in [-0.39, 0.29) is 5.41 Å². The number of hydrogen-bond acceptors (Lipinski definition) is 2. The van der Waals surface area contributed by atoms with E-state index in [1.165, 1.54) is 30.4 Å². The Bertz CT molecular complexity index is 388. The van der Waals surface area contributed by atoms with Crippen LogP contribution in [-0.2, 0) is 5.41 Å². The molecule has 17 heavy (non-hydrogen) atoms. The van der Waals surface area contributed by atoms with E-state index in [4.69, 9.17) is 10.5 Å². The SMILES string of the molecule is COc1ccc(C(C)C)cc1C1(CN)CCC1. The highest BCUT2D eigenvalue weighted by Gasteiger charge is 2.39. The molecule has 0 amide bonds. The largest absolute Gasteiger partial charge is 0.496 e. The second kappa shape index (κ2) is 4.69. The molecule has 0 atom stereocenters. The van der Waals surface area contributed by atoms with Gasteiger partial charge in [-0.15, -0.1) is 0 Å². The average molecular weight is 233 g/mol. The summed E-state index contributed by atoms with van der Waals surface area (Å²) in [4.78, 5) is 0. The second-order valence-electron chi connectivity index (χ2n) is 5.45. The fraction of sp³-hybridized carbons (Fsp3) is 0.600. The number of rotatable bonds is 4. The van der Waals surface area contributed by atoms with Gasteiger partial charge in [0.05, 0.1) is 7.11 Å². The zero-order chi connectivity index (χ0) is 12.5. The van der Waals surface area contributed by atoms with Crippen molar-refractivity contribution in [1.82, 2.24) is 0 Å². The highest BCUT2D eigenvalue weighted by Crippen LogP contribution is 2.47. The fourth-order valence-corrected chi connectivity index (χ4v) is 2.69. The van der Waals surface area contributed by atoms with Crippen LogP contribution in [0.15, 0.2) is 18.2 Å². The van der Waals surface area contributed by atoms with E-state index in [2.05, 4.69) is 32.0 Å². The third-order valence-corrected chi connectivity index (χ3v) is 4.16. The zero-order valence-corrected chi connectivity index (χ0v) is 11.1. The highest BCUT2D eigenvalue weighted by molar-refractivity contribution is 5.45. The summed E-state index contributed by atoms with van der Waals surface area (Å²) in [5.41, 5.74) is 8.87. The molecule has 1 aromatic carbocycles. The molecule has 0 radical (unpaired) electrons. The lowest BCUT2D eigenvalue weighted by Gasteiger charge is -2.42. The van der Waals surface area contributed by atoms with E-state index in [1.807, 2.05) is 0 Å². The summed E-state index contributed by atoms with van der Waals surface area (Å²) in [5, 5.41) is 0. The van der Waals surface area contributed by atoms with E-state index in [9.17, 15) is 0 Å². The molecule has 2 nitrogen and oxygen atoms in total. The average Bonchev–Trinajstić information content (AvgIpc) is 2.28. The van der Waals surface area contributed by atoms with Crippen LogP contribution in [0.2, 0.25) is 0 Å². The van der Waals surface area contributed by atoms with Crippen molar-refractivity contribution in [1.29, 1.82) is 0 Å². The summed E-state index contributed by atoms with van der Waals surface area (Å²) >= 11 is 0. The maximum absolute atomic E-state index is 6.00. The number of methoxy groups -OCH3 is 1. The van der Waals surface area contributed by atoms with Crippen molar-refractivity contribution in [2.24, 2.45) is 5.73 Å². The van der Waals surface area contributed by atoms with Crippen LogP contribution in [0.3, 0.4) is 0 Å². The molecule has 0 aromatic heterocycles. The van der Waals surface area contributed by atoms with Crippen LogP contribution in [0.1, 0.15) is 50.2 Å². The van der Waals surface area contributed by atoms with Crippen molar-refractivity contribution in [3.63, 3.8) is 0 Å². The van der Waals surface area contributed by atoms with Crippen LogP contribution in [0, 0.1) is 0 Å². The van der Waals surface area contributed by atoms with Gasteiger partial charge in [-0.05, 0) is 30.4 Å². The van der Waals surface area contributed by atoms with Crippen molar-refractivity contribution in [2.75, 3.05) is 13.7 Å². The monoisotopic (exact) mass is 233 g/mol. The summed E-state index contributed by atoms with van der Waals surface area (Å²) < 4.78 is 5.51. The minimum Gasteiger partial charge on any atom is -0.496 e. The second-order valence-corrected chi connectivity index (χ2v) is 5.45. The molecule has 1 aliphatic carbocycles. The first-order valence-corrected chi connectivity index (χ1v) is 6.51. The van der Waals surface area contributed by atoms with Gasteiger partial charge in [-0.2, -0.15) is 0 Å². The third-order valence-electron chi connectivity index (χ3n) is 4.16. The lowest BCUT2D eigenvalue weighted by atomic mass is 9.64. The molecule has 2 rings (SSSR count). The molecule has 2 heteroatoms. The maximum atomic E-state index is 6.00. The smallest absolute Gasteiger partial charge is 0.122 e. The van der Waals surface area contributed by atoms with Crippen molar-refractivity contribution >= 4 is 0 Å². The Morgan fingerprint density at radius 2 is 2.06 bits per heavy atom. The van der Waals surface area contributed by atoms with Gasteiger partial charge >= 0.3 is 0 Å². The number of benzene rings is 1. The summed E-state index contributed by atoms with van der Waals surface area (Å²) in [6.07, 6.45) is 3.68. The topological polar surface area (TPSA) is 35.2 Å². The summed E-state index contributed by atoms with van der Waals surface area (Å²) in [6.45, 7) is 5.17. The Hall–Kier alpha value is -1.02. The maximum Gasteiger partial charge on any atom is 0.122 e. The predicted molar refractivity (Wildman–Crippen MR) is 71.7 cm³/mol. The van der Waals surface area contributed by atoms with E-state index in [0.717, 1.165) is 12.3 Å². The van der Waals surface area contributed by atoms with Crippen LogP contribution < -0.4 is 10.5 Å². The van der Waals surface area contributed by atoms with Crippen molar-refractivity contribution in [3.05, 3.63) is 29.3 Å². The van der Waals surface area contributed by atoms with Gasteiger partial charge in [0.2, 0.25) is 0 Å². The molecule has 1 aliphatic rings. The molecule has 0 unspecified atom stereocenters. The minimum absolute atomic E-state index is 0.177. The standard InChI is InChI=1S/C15H23NO/c1-11(2)12-5-6-14(17-3)13(9-12)15(10-16)7-4-8-15/h5-6,9,11H,4,7-8,10,16H2,1-3H3. The van der Waals surface area contributed by atoms with E-state index < -0.39 is 0 Å². The lowest BCUT2D eigenvalue weighted by Crippen LogP contribution is -2.41. The van der Waals surface area contributed by atoms with E-state index in [0.29, 0.717) is 5.92 Å². The molecule has 2 N–H and O–H groups in total. The summed E-state index contributed by atoms with van der Waals surface area (Å²) in [5.74, 6) is 1.55. The van der Waals surface area contributed by atoms with Crippen molar-refractivity contribution in [3.8, 4) is 5.75 Å². The Balaban J connectivity index is 2.45. The number of nitrogens with two attached hydrogens (primary N) is 1. The number of hydrogen-bond donors (Lipinski definition) is 1.